The summed E-state index contributed by atoms with van der Waals surface area (Å²) in [5.74, 6) is -0.623. The highest BCUT2D eigenvalue weighted by Gasteiger charge is 2.10. The van der Waals surface area contributed by atoms with Crippen molar-refractivity contribution in [2.45, 2.75) is 20.4 Å². The molecule has 0 atom stereocenters. The molecule has 1 heterocycles. The Hall–Kier alpha value is -4.01. The molecular weight excluding hydrogens is 374 g/mol. The fraction of sp³-hybridized carbons (Fsp3) is 0.150. The van der Waals surface area contributed by atoms with E-state index in [2.05, 4.69) is 15.6 Å². The molecule has 1 amide bonds. The van der Waals surface area contributed by atoms with Gasteiger partial charge in [0.25, 0.3) is 11.6 Å². The van der Waals surface area contributed by atoms with Crippen molar-refractivity contribution in [3.63, 3.8) is 0 Å². The predicted molar refractivity (Wildman–Crippen MR) is 107 cm³/mol. The second-order valence-corrected chi connectivity index (χ2v) is 6.48. The zero-order valence-electron chi connectivity index (χ0n) is 15.9. The molecule has 0 saturated heterocycles. The van der Waals surface area contributed by atoms with Crippen LogP contribution in [0.15, 0.2) is 53.6 Å². The zero-order valence-corrected chi connectivity index (χ0v) is 15.9. The van der Waals surface area contributed by atoms with Crippen molar-refractivity contribution in [2.75, 3.05) is 0 Å². The Bertz CT molecular complexity index is 1100. The number of carbonyl (C=O) groups is 1. The van der Waals surface area contributed by atoms with Crippen molar-refractivity contribution in [2.24, 2.45) is 5.10 Å². The van der Waals surface area contributed by atoms with Crippen molar-refractivity contribution in [3.8, 4) is 5.75 Å². The summed E-state index contributed by atoms with van der Waals surface area (Å²) in [5.41, 5.74) is 5.56. The van der Waals surface area contributed by atoms with Crippen molar-refractivity contribution in [1.82, 2.24) is 15.2 Å². The maximum Gasteiger partial charge on any atom is 0.271 e. The number of rotatable bonds is 6. The first-order valence-corrected chi connectivity index (χ1v) is 8.74. The van der Waals surface area contributed by atoms with E-state index >= 15 is 0 Å². The molecule has 148 valence electrons. The van der Waals surface area contributed by atoms with Crippen LogP contribution >= 0.6 is 0 Å². The van der Waals surface area contributed by atoms with Crippen LogP contribution in [0.4, 0.5) is 5.69 Å². The summed E-state index contributed by atoms with van der Waals surface area (Å²) in [6, 6.07) is 12.6. The smallest absolute Gasteiger partial charge is 0.271 e. The van der Waals surface area contributed by atoms with Crippen LogP contribution in [0.3, 0.4) is 0 Å². The van der Waals surface area contributed by atoms with Gasteiger partial charge in [0, 0.05) is 29.0 Å². The number of non-ortho nitro benzene ring substituents is 1. The molecule has 0 spiro atoms. The van der Waals surface area contributed by atoms with Gasteiger partial charge in [0.1, 0.15) is 5.75 Å². The Balaban J connectivity index is 1.70. The van der Waals surface area contributed by atoms with Gasteiger partial charge in [0.05, 0.1) is 23.4 Å². The van der Waals surface area contributed by atoms with E-state index in [-0.39, 0.29) is 17.0 Å². The van der Waals surface area contributed by atoms with Crippen molar-refractivity contribution in [1.29, 1.82) is 0 Å². The van der Waals surface area contributed by atoms with E-state index in [0.29, 0.717) is 12.1 Å². The third-order valence-corrected chi connectivity index (χ3v) is 4.22. The monoisotopic (exact) mass is 393 g/mol. The van der Waals surface area contributed by atoms with Gasteiger partial charge in [-0.2, -0.15) is 10.2 Å². The van der Waals surface area contributed by atoms with Crippen LogP contribution in [0.5, 0.6) is 5.75 Å². The molecule has 0 unspecified atom stereocenters. The molecule has 2 N–H and O–H groups in total. The predicted octanol–water partition coefficient (Wildman–Crippen LogP) is 2.93. The average molecular weight is 393 g/mol. The number of benzene rings is 2. The Morgan fingerprint density at radius 2 is 2.07 bits per heavy atom. The van der Waals surface area contributed by atoms with Crippen LogP contribution in [-0.4, -0.2) is 31.9 Å². The number of aromatic nitrogens is 2. The summed E-state index contributed by atoms with van der Waals surface area (Å²) >= 11 is 0. The first-order valence-electron chi connectivity index (χ1n) is 8.74. The SMILES string of the molecule is Cc1cc(C)n(Cc2cccc(C(=O)N/N=C/c3cc([N+](=O)[O-])ccc3O)c2)n1. The van der Waals surface area contributed by atoms with Gasteiger partial charge in [-0.1, -0.05) is 12.1 Å². The van der Waals surface area contributed by atoms with Crippen LogP contribution in [0, 0.1) is 24.0 Å². The highest BCUT2D eigenvalue weighted by atomic mass is 16.6. The van der Waals surface area contributed by atoms with Crippen molar-refractivity contribution < 1.29 is 14.8 Å². The fourth-order valence-corrected chi connectivity index (χ4v) is 2.80. The Morgan fingerprint density at radius 3 is 2.76 bits per heavy atom. The fourth-order valence-electron chi connectivity index (χ4n) is 2.80. The summed E-state index contributed by atoms with van der Waals surface area (Å²) < 4.78 is 1.86. The van der Waals surface area contributed by atoms with E-state index in [1.807, 2.05) is 30.7 Å². The lowest BCUT2D eigenvalue weighted by atomic mass is 10.1. The minimum atomic E-state index is -0.580. The number of phenols is 1. The minimum absolute atomic E-state index is 0.123. The maximum absolute atomic E-state index is 12.4. The summed E-state index contributed by atoms with van der Waals surface area (Å²) in [6.45, 7) is 4.42. The summed E-state index contributed by atoms with van der Waals surface area (Å²) in [6.07, 6.45) is 1.15. The number of nitro benzene ring substituents is 1. The normalized spacial score (nSPS) is 11.0. The van der Waals surface area contributed by atoms with Gasteiger partial charge in [0.2, 0.25) is 0 Å². The van der Waals surface area contributed by atoms with Crippen LogP contribution in [-0.2, 0) is 6.54 Å². The number of aromatic hydroxyl groups is 1. The third kappa shape index (κ3) is 4.83. The van der Waals surface area contributed by atoms with E-state index in [1.165, 1.54) is 18.2 Å². The molecule has 29 heavy (non-hydrogen) atoms. The van der Waals surface area contributed by atoms with Gasteiger partial charge < -0.3 is 5.11 Å². The van der Waals surface area contributed by atoms with Gasteiger partial charge in [-0.15, -0.1) is 0 Å². The number of nitrogens with one attached hydrogen (secondary N) is 1. The largest absolute Gasteiger partial charge is 0.507 e. The van der Waals surface area contributed by atoms with Gasteiger partial charge in [0.15, 0.2) is 0 Å². The van der Waals surface area contributed by atoms with Gasteiger partial charge in [-0.05, 0) is 43.7 Å². The molecule has 0 radical (unpaired) electrons. The molecule has 0 fully saturated rings. The first-order chi connectivity index (χ1) is 13.8. The topological polar surface area (TPSA) is 123 Å². The highest BCUT2D eigenvalue weighted by molar-refractivity contribution is 5.95. The number of aryl methyl sites for hydroxylation is 2. The van der Waals surface area contributed by atoms with Crippen LogP contribution in [0.1, 0.15) is 32.9 Å². The van der Waals surface area contributed by atoms with E-state index in [9.17, 15) is 20.0 Å². The summed E-state index contributed by atoms with van der Waals surface area (Å²) in [7, 11) is 0. The molecule has 0 aliphatic rings. The maximum atomic E-state index is 12.4. The van der Waals surface area contributed by atoms with Crippen molar-refractivity contribution in [3.05, 3.63) is 86.7 Å². The second-order valence-electron chi connectivity index (χ2n) is 6.48. The molecule has 0 aliphatic heterocycles. The van der Waals surface area contributed by atoms with E-state index in [1.54, 1.807) is 18.2 Å². The number of nitro groups is 1. The standard InChI is InChI=1S/C20H19N5O4/c1-13-8-14(2)24(23-13)12-15-4-3-5-16(9-15)20(27)22-21-11-17-10-18(25(28)29)6-7-19(17)26/h3-11,26H,12H2,1-2H3,(H,22,27)/b21-11+. The Labute approximate surface area is 166 Å². The second kappa shape index (κ2) is 8.34. The number of amides is 1. The first kappa shape index (κ1) is 19.7. The molecule has 9 nitrogen and oxygen atoms in total. The van der Waals surface area contributed by atoms with E-state index < -0.39 is 10.8 Å². The van der Waals surface area contributed by atoms with Crippen LogP contribution in [0.25, 0.3) is 0 Å². The molecule has 1 aromatic heterocycles. The third-order valence-electron chi connectivity index (χ3n) is 4.22. The van der Waals surface area contributed by atoms with Gasteiger partial charge in [-0.25, -0.2) is 5.43 Å². The molecule has 0 aliphatic carbocycles. The Morgan fingerprint density at radius 1 is 1.28 bits per heavy atom. The number of hydrazone groups is 1. The lowest BCUT2D eigenvalue weighted by molar-refractivity contribution is -0.384. The Kier molecular flexibility index (Phi) is 5.68. The summed E-state index contributed by atoms with van der Waals surface area (Å²) in [4.78, 5) is 22.6. The molecule has 3 aromatic rings. The molecule has 0 saturated carbocycles. The van der Waals surface area contributed by atoms with Gasteiger partial charge in [-0.3, -0.25) is 19.6 Å². The van der Waals surface area contributed by atoms with Gasteiger partial charge >= 0.3 is 0 Å². The lowest BCUT2D eigenvalue weighted by Gasteiger charge is -2.07. The quantitative estimate of drug-likeness (QED) is 0.379. The summed E-state index contributed by atoms with van der Waals surface area (Å²) in [5, 5.41) is 28.8. The van der Waals surface area contributed by atoms with E-state index in [4.69, 9.17) is 0 Å². The molecule has 2 aromatic carbocycles. The zero-order chi connectivity index (χ0) is 21.0. The molecule has 0 bridgehead atoms. The van der Waals surface area contributed by atoms with Crippen LogP contribution in [0.2, 0.25) is 0 Å². The molecule has 3 rings (SSSR count). The average Bonchev–Trinajstić information content (AvgIpc) is 3.00. The number of hydrogen-bond donors (Lipinski definition) is 2. The number of nitrogens with zero attached hydrogens (tertiary/aromatic N) is 4. The lowest BCUT2D eigenvalue weighted by Crippen LogP contribution is -2.18. The highest BCUT2D eigenvalue weighted by Crippen LogP contribution is 2.21. The number of hydrogen-bond acceptors (Lipinski definition) is 6. The molecular formula is C20H19N5O4. The van der Waals surface area contributed by atoms with Crippen molar-refractivity contribution >= 4 is 17.8 Å². The van der Waals surface area contributed by atoms with Crippen LogP contribution < -0.4 is 5.43 Å². The van der Waals surface area contributed by atoms with E-state index in [0.717, 1.165) is 23.2 Å². The molecule has 9 heteroatoms. The number of phenolic OH excluding ortho intramolecular Hbond substituents is 1. The number of carbonyl (C=O) groups excluding carboxylic acids is 1. The minimum Gasteiger partial charge on any atom is -0.507 e.